The molecular formula is C56H114N4O2. The number of carbonyl (C=O) groups excluding carboxylic acids is 2. The monoisotopic (exact) mass is 875 g/mol. The summed E-state index contributed by atoms with van der Waals surface area (Å²) in [4.78, 5) is 30.2. The Kier molecular flexibility index (Phi) is 48.4. The molecule has 6 heteroatoms. The topological polar surface area (TPSA) is 64.7 Å². The summed E-state index contributed by atoms with van der Waals surface area (Å²) in [6.45, 7) is 17.9. The quantitative estimate of drug-likeness (QED) is 0.0472. The molecule has 0 rings (SSSR count). The van der Waals surface area contributed by atoms with Gasteiger partial charge in [-0.15, -0.1) is 0 Å². The van der Waals surface area contributed by atoms with Gasteiger partial charge in [0.25, 0.3) is 0 Å². The second-order valence-corrected chi connectivity index (χ2v) is 19.7. The Balaban J connectivity index is 3.78. The van der Waals surface area contributed by atoms with Crippen molar-refractivity contribution in [2.24, 2.45) is 0 Å². The Morgan fingerprint density at radius 2 is 0.645 bits per heavy atom. The fourth-order valence-electron chi connectivity index (χ4n) is 9.59. The summed E-state index contributed by atoms with van der Waals surface area (Å²) in [6, 6.07) is 0.378. The minimum atomic E-state index is 0.206. The van der Waals surface area contributed by atoms with Crippen LogP contribution in [-0.4, -0.2) is 66.5 Å². The van der Waals surface area contributed by atoms with Crippen LogP contribution in [0.4, 0.5) is 0 Å². The minimum absolute atomic E-state index is 0.206. The highest BCUT2D eigenvalue weighted by molar-refractivity contribution is 5.76. The molecule has 0 aromatic rings. The van der Waals surface area contributed by atoms with Gasteiger partial charge < -0.3 is 10.6 Å². The molecule has 0 aromatic carbocycles. The van der Waals surface area contributed by atoms with E-state index in [1.54, 1.807) is 0 Å². The molecule has 0 saturated carbocycles. The van der Waals surface area contributed by atoms with Gasteiger partial charge in [0.05, 0.1) is 6.17 Å². The summed E-state index contributed by atoms with van der Waals surface area (Å²) in [5, 5.41) is 6.41. The van der Waals surface area contributed by atoms with Crippen molar-refractivity contribution < 1.29 is 9.59 Å². The standard InChI is InChI=1S/C56H114N4O2/c1-7-11-13-15-17-19-21-23-25-27-29-31-33-35-37-39-41-43-45-47-55(61)57-50-49-53(5)60(10-4)54(6)59(9-3)52-51-58-56(62)48-46-44-42-40-38-36-34-32-30-28-26-24-22-20-18-16-14-12-8-2/h53-54H,7-52H2,1-6H3,(H,57,61)(H,58,62). The molecule has 0 aliphatic carbocycles. The van der Waals surface area contributed by atoms with Crippen LogP contribution in [0.2, 0.25) is 0 Å². The fourth-order valence-corrected chi connectivity index (χ4v) is 9.59. The average Bonchev–Trinajstić information content (AvgIpc) is 3.27. The van der Waals surface area contributed by atoms with Gasteiger partial charge in [0.2, 0.25) is 11.8 Å². The summed E-state index contributed by atoms with van der Waals surface area (Å²) in [6.07, 6.45) is 54.8. The molecule has 62 heavy (non-hydrogen) atoms. The molecule has 0 spiro atoms. The Morgan fingerprint density at radius 1 is 0.371 bits per heavy atom. The van der Waals surface area contributed by atoms with E-state index in [1.807, 2.05) is 0 Å². The highest BCUT2D eigenvalue weighted by Gasteiger charge is 2.23. The van der Waals surface area contributed by atoms with Crippen molar-refractivity contribution in [1.29, 1.82) is 0 Å². The van der Waals surface area contributed by atoms with E-state index < -0.39 is 0 Å². The van der Waals surface area contributed by atoms with Crippen molar-refractivity contribution in [1.82, 2.24) is 20.4 Å². The van der Waals surface area contributed by atoms with Crippen LogP contribution in [0.15, 0.2) is 0 Å². The molecule has 0 aliphatic rings. The third-order valence-electron chi connectivity index (χ3n) is 14.0. The van der Waals surface area contributed by atoms with Crippen LogP contribution in [0.5, 0.6) is 0 Å². The van der Waals surface area contributed by atoms with E-state index in [4.69, 9.17) is 0 Å². The minimum Gasteiger partial charge on any atom is -0.356 e. The SMILES string of the molecule is CCCCCCCCCCCCCCCCCCCCCC(=O)NCCC(C)N(CC)C(C)N(CC)CCNC(=O)CCCCCCCCCCCCCCCCCCCCC. The van der Waals surface area contributed by atoms with Gasteiger partial charge in [-0.05, 0) is 46.2 Å². The van der Waals surface area contributed by atoms with E-state index in [2.05, 4.69) is 62.0 Å². The van der Waals surface area contributed by atoms with Gasteiger partial charge in [0, 0.05) is 38.5 Å². The van der Waals surface area contributed by atoms with Gasteiger partial charge in [0.1, 0.15) is 0 Å². The van der Waals surface area contributed by atoms with Crippen molar-refractivity contribution in [2.75, 3.05) is 32.7 Å². The first-order valence-corrected chi connectivity index (χ1v) is 28.4. The smallest absolute Gasteiger partial charge is 0.220 e. The number of unbranched alkanes of at least 4 members (excludes halogenated alkanes) is 36. The molecule has 0 fully saturated rings. The van der Waals surface area contributed by atoms with E-state index in [9.17, 15) is 9.59 Å². The predicted octanol–water partition coefficient (Wildman–Crippen LogP) is 16.6. The molecular weight excluding hydrogens is 761 g/mol. The maximum absolute atomic E-state index is 12.6. The van der Waals surface area contributed by atoms with E-state index in [0.29, 0.717) is 25.4 Å². The summed E-state index contributed by atoms with van der Waals surface area (Å²) in [5.41, 5.74) is 0. The van der Waals surface area contributed by atoms with E-state index in [-0.39, 0.29) is 18.0 Å². The van der Waals surface area contributed by atoms with Crippen LogP contribution in [0.1, 0.15) is 305 Å². The first-order chi connectivity index (χ1) is 30.4. The van der Waals surface area contributed by atoms with Crippen LogP contribution < -0.4 is 10.6 Å². The summed E-state index contributed by atoms with van der Waals surface area (Å²) >= 11 is 0. The van der Waals surface area contributed by atoms with Crippen molar-refractivity contribution in [3.05, 3.63) is 0 Å². The van der Waals surface area contributed by atoms with E-state index in [1.165, 1.54) is 231 Å². The number of likely N-dealkylation sites (N-methyl/N-ethyl adjacent to an activating group) is 1. The maximum atomic E-state index is 12.6. The van der Waals surface area contributed by atoms with Gasteiger partial charge in [-0.3, -0.25) is 19.4 Å². The van der Waals surface area contributed by atoms with Crippen LogP contribution >= 0.6 is 0 Å². The second kappa shape index (κ2) is 49.3. The van der Waals surface area contributed by atoms with Crippen molar-refractivity contribution in [3.63, 3.8) is 0 Å². The molecule has 0 bridgehead atoms. The molecule has 2 atom stereocenters. The lowest BCUT2D eigenvalue weighted by atomic mass is 10.0. The molecule has 2 N–H and O–H groups in total. The molecule has 370 valence electrons. The van der Waals surface area contributed by atoms with Gasteiger partial charge in [0.15, 0.2) is 0 Å². The van der Waals surface area contributed by atoms with Crippen molar-refractivity contribution in [2.45, 2.75) is 317 Å². The number of carbonyl (C=O) groups is 2. The molecule has 2 amide bonds. The molecule has 0 aliphatic heterocycles. The summed E-state index contributed by atoms with van der Waals surface area (Å²) in [5.74, 6) is 0.420. The number of rotatable bonds is 51. The number of nitrogens with zero attached hydrogens (tertiary/aromatic N) is 2. The molecule has 6 nitrogen and oxygen atoms in total. The van der Waals surface area contributed by atoms with E-state index in [0.717, 1.165) is 45.4 Å². The maximum Gasteiger partial charge on any atom is 0.220 e. The Hall–Kier alpha value is -1.14. The van der Waals surface area contributed by atoms with Gasteiger partial charge >= 0.3 is 0 Å². The summed E-state index contributed by atoms with van der Waals surface area (Å²) in [7, 11) is 0. The number of hydrogen-bond donors (Lipinski definition) is 2. The largest absolute Gasteiger partial charge is 0.356 e. The van der Waals surface area contributed by atoms with Crippen LogP contribution in [0.25, 0.3) is 0 Å². The zero-order valence-corrected chi connectivity index (χ0v) is 43.4. The Bertz CT molecular complexity index is 914. The van der Waals surface area contributed by atoms with Gasteiger partial charge in [-0.1, -0.05) is 259 Å². The Morgan fingerprint density at radius 3 is 0.919 bits per heavy atom. The third kappa shape index (κ3) is 41.6. The molecule has 0 heterocycles. The van der Waals surface area contributed by atoms with Crippen molar-refractivity contribution >= 4 is 11.8 Å². The molecule has 2 unspecified atom stereocenters. The van der Waals surface area contributed by atoms with Crippen LogP contribution in [0, 0.1) is 0 Å². The molecule has 0 aromatic heterocycles. The van der Waals surface area contributed by atoms with E-state index >= 15 is 0 Å². The lowest BCUT2D eigenvalue weighted by Crippen LogP contribution is -2.52. The number of nitrogens with one attached hydrogen (secondary N) is 2. The fraction of sp³-hybridized carbons (Fsp3) is 0.964. The summed E-state index contributed by atoms with van der Waals surface area (Å²) < 4.78 is 0. The predicted molar refractivity (Wildman–Crippen MR) is 275 cm³/mol. The van der Waals surface area contributed by atoms with Gasteiger partial charge in [-0.25, -0.2) is 0 Å². The lowest BCUT2D eigenvalue weighted by Gasteiger charge is -2.40. The lowest BCUT2D eigenvalue weighted by molar-refractivity contribution is -0.122. The third-order valence-corrected chi connectivity index (χ3v) is 14.0. The Labute approximate surface area is 390 Å². The van der Waals surface area contributed by atoms with Gasteiger partial charge in [-0.2, -0.15) is 0 Å². The molecule has 0 radical (unpaired) electrons. The normalized spacial score (nSPS) is 12.7. The number of amides is 2. The average molecular weight is 876 g/mol. The zero-order chi connectivity index (χ0) is 45.4. The highest BCUT2D eigenvalue weighted by atomic mass is 16.2. The highest BCUT2D eigenvalue weighted by Crippen LogP contribution is 2.17. The second-order valence-electron chi connectivity index (χ2n) is 19.7. The number of hydrogen-bond acceptors (Lipinski definition) is 4. The van der Waals surface area contributed by atoms with Crippen LogP contribution in [-0.2, 0) is 9.59 Å². The molecule has 0 saturated heterocycles. The first-order valence-electron chi connectivity index (χ1n) is 28.4. The van der Waals surface area contributed by atoms with Crippen LogP contribution in [0.3, 0.4) is 0 Å². The first kappa shape index (κ1) is 60.9. The van der Waals surface area contributed by atoms with Crippen molar-refractivity contribution in [3.8, 4) is 0 Å². The zero-order valence-electron chi connectivity index (χ0n) is 43.4.